The third-order valence-electron chi connectivity index (χ3n) is 12.4. The predicted molar refractivity (Wildman–Crippen MR) is 278 cm³/mol. The second-order valence-electron chi connectivity index (χ2n) is 18.6. The number of carbonyl (C=O) groups excluding carboxylic acids is 2. The van der Waals surface area contributed by atoms with Gasteiger partial charge in [-0.3, -0.25) is 9.59 Å². The standard InChI is InChI=1S/C58H105NO5/c1-4-7-10-13-16-19-22-25-28-30-33-36-39-42-45-48-51-58(63)64-54(49-46-43-40-37-34-31-27-24-21-18-15-12-9-6-3)52-57(62)59-55(53-60)56(61)50-47-44-41-38-35-32-29-26-23-20-17-14-11-8-5-2/h9,12,18,21,27,31,37,40,46,49,54-56,60-61H,4-8,10-11,13-17,19-20,22-26,28-30,32-36,38-39,41-45,47-48,50-53H2,1-3H3,(H,59,62)/b12-9+,21-18+,31-27+,40-37+,49-46+. The number of hydrogen-bond acceptors (Lipinski definition) is 5. The van der Waals surface area contributed by atoms with Crippen LogP contribution in [0.4, 0.5) is 0 Å². The quantitative estimate of drug-likeness (QED) is 0.0321. The highest BCUT2D eigenvalue weighted by Crippen LogP contribution is 2.17. The van der Waals surface area contributed by atoms with Crippen LogP contribution < -0.4 is 5.32 Å². The minimum atomic E-state index is -0.819. The Morgan fingerprint density at radius 1 is 0.469 bits per heavy atom. The van der Waals surface area contributed by atoms with Crippen LogP contribution in [0.3, 0.4) is 0 Å². The van der Waals surface area contributed by atoms with Crippen molar-refractivity contribution in [2.24, 2.45) is 0 Å². The van der Waals surface area contributed by atoms with E-state index in [1.165, 1.54) is 161 Å². The van der Waals surface area contributed by atoms with Crippen LogP contribution in [0.2, 0.25) is 0 Å². The van der Waals surface area contributed by atoms with E-state index >= 15 is 0 Å². The molecule has 372 valence electrons. The molecule has 6 nitrogen and oxygen atoms in total. The summed E-state index contributed by atoms with van der Waals surface area (Å²) in [5, 5.41) is 23.8. The summed E-state index contributed by atoms with van der Waals surface area (Å²) < 4.78 is 5.84. The number of aliphatic hydroxyl groups is 2. The van der Waals surface area contributed by atoms with Crippen LogP contribution >= 0.6 is 0 Å². The van der Waals surface area contributed by atoms with Gasteiger partial charge in [0, 0.05) is 6.42 Å². The number of amides is 1. The molecule has 6 heteroatoms. The average Bonchev–Trinajstić information content (AvgIpc) is 3.29. The Kier molecular flexibility index (Phi) is 49.6. The molecule has 0 saturated heterocycles. The maximum Gasteiger partial charge on any atom is 0.306 e. The molecule has 0 bridgehead atoms. The molecule has 0 aliphatic rings. The zero-order chi connectivity index (χ0) is 46.7. The van der Waals surface area contributed by atoms with Gasteiger partial charge in [0.15, 0.2) is 0 Å². The van der Waals surface area contributed by atoms with Crippen LogP contribution in [0.5, 0.6) is 0 Å². The van der Waals surface area contributed by atoms with E-state index in [9.17, 15) is 19.8 Å². The molecule has 0 rings (SSSR count). The smallest absolute Gasteiger partial charge is 0.306 e. The number of unbranched alkanes of at least 4 members (excludes halogenated alkanes) is 29. The van der Waals surface area contributed by atoms with E-state index in [0.717, 1.165) is 64.2 Å². The van der Waals surface area contributed by atoms with E-state index in [1.807, 2.05) is 12.2 Å². The number of ether oxygens (including phenoxy) is 1. The first-order valence-corrected chi connectivity index (χ1v) is 27.5. The van der Waals surface area contributed by atoms with Crippen LogP contribution in [-0.4, -0.2) is 46.9 Å². The Bertz CT molecular complexity index is 1140. The fourth-order valence-corrected chi connectivity index (χ4v) is 8.22. The van der Waals surface area contributed by atoms with Crippen LogP contribution in [0.1, 0.15) is 271 Å². The van der Waals surface area contributed by atoms with Crippen molar-refractivity contribution in [3.63, 3.8) is 0 Å². The minimum Gasteiger partial charge on any atom is -0.458 e. The number of allylic oxidation sites excluding steroid dienone is 9. The number of aliphatic hydroxyl groups excluding tert-OH is 2. The predicted octanol–water partition coefficient (Wildman–Crippen LogP) is 16.8. The van der Waals surface area contributed by atoms with Gasteiger partial charge in [0.05, 0.1) is 25.2 Å². The maximum atomic E-state index is 13.2. The largest absolute Gasteiger partial charge is 0.458 e. The molecule has 0 aliphatic heterocycles. The molecule has 0 spiro atoms. The van der Waals surface area contributed by atoms with Crippen molar-refractivity contribution in [2.45, 2.75) is 289 Å². The molecule has 0 fully saturated rings. The van der Waals surface area contributed by atoms with Gasteiger partial charge in [-0.1, -0.05) is 268 Å². The Labute approximate surface area is 397 Å². The molecule has 0 aromatic carbocycles. The molecule has 0 heterocycles. The fourth-order valence-electron chi connectivity index (χ4n) is 8.22. The van der Waals surface area contributed by atoms with Gasteiger partial charge < -0.3 is 20.3 Å². The number of carbonyl (C=O) groups is 2. The van der Waals surface area contributed by atoms with Gasteiger partial charge in [-0.25, -0.2) is 0 Å². The zero-order valence-corrected chi connectivity index (χ0v) is 42.4. The van der Waals surface area contributed by atoms with Gasteiger partial charge in [0.1, 0.15) is 6.10 Å². The lowest BCUT2D eigenvalue weighted by Gasteiger charge is -2.23. The Morgan fingerprint density at radius 2 is 0.812 bits per heavy atom. The highest BCUT2D eigenvalue weighted by atomic mass is 16.5. The summed E-state index contributed by atoms with van der Waals surface area (Å²) in [5.74, 6) is -0.619. The molecule has 3 unspecified atom stereocenters. The fraction of sp³-hybridized carbons (Fsp3) is 0.793. The van der Waals surface area contributed by atoms with Gasteiger partial charge in [-0.05, 0) is 51.0 Å². The summed E-state index contributed by atoms with van der Waals surface area (Å²) in [5.41, 5.74) is 0. The van der Waals surface area contributed by atoms with Gasteiger partial charge in [0.25, 0.3) is 0 Å². The summed E-state index contributed by atoms with van der Waals surface area (Å²) in [6.07, 6.45) is 64.6. The summed E-state index contributed by atoms with van der Waals surface area (Å²) in [4.78, 5) is 26.1. The highest BCUT2D eigenvalue weighted by molar-refractivity contribution is 5.78. The van der Waals surface area contributed by atoms with Crippen molar-refractivity contribution < 1.29 is 24.5 Å². The zero-order valence-electron chi connectivity index (χ0n) is 42.4. The first kappa shape index (κ1) is 61.6. The summed E-state index contributed by atoms with van der Waals surface area (Å²) in [6.45, 7) is 6.35. The molecular formula is C58H105NO5. The van der Waals surface area contributed by atoms with Crippen LogP contribution in [0, 0.1) is 0 Å². The molecule has 0 aromatic rings. The molecular weight excluding hydrogens is 791 g/mol. The van der Waals surface area contributed by atoms with Crippen molar-refractivity contribution in [1.82, 2.24) is 5.32 Å². The Hall–Kier alpha value is -2.44. The highest BCUT2D eigenvalue weighted by Gasteiger charge is 2.23. The molecule has 64 heavy (non-hydrogen) atoms. The van der Waals surface area contributed by atoms with E-state index < -0.39 is 18.2 Å². The summed E-state index contributed by atoms with van der Waals surface area (Å²) in [6, 6.07) is -0.742. The lowest BCUT2D eigenvalue weighted by molar-refractivity contribution is -0.148. The second kappa shape index (κ2) is 51.5. The molecule has 1 amide bonds. The number of hydrogen-bond donors (Lipinski definition) is 3. The van der Waals surface area contributed by atoms with Gasteiger partial charge in [-0.2, -0.15) is 0 Å². The van der Waals surface area contributed by atoms with Crippen molar-refractivity contribution in [3.05, 3.63) is 60.8 Å². The second-order valence-corrected chi connectivity index (χ2v) is 18.6. The van der Waals surface area contributed by atoms with E-state index in [-0.39, 0.29) is 24.9 Å². The molecule has 0 aromatic heterocycles. The number of esters is 1. The minimum absolute atomic E-state index is 0.0441. The van der Waals surface area contributed by atoms with Crippen molar-refractivity contribution in [1.29, 1.82) is 0 Å². The average molecular weight is 896 g/mol. The Balaban J connectivity index is 4.65. The molecule has 0 aliphatic carbocycles. The molecule has 0 saturated carbocycles. The Morgan fingerprint density at radius 3 is 1.19 bits per heavy atom. The van der Waals surface area contributed by atoms with Crippen LogP contribution in [0.15, 0.2) is 60.8 Å². The van der Waals surface area contributed by atoms with Gasteiger partial charge in [0.2, 0.25) is 5.91 Å². The van der Waals surface area contributed by atoms with Crippen molar-refractivity contribution in [3.8, 4) is 0 Å². The van der Waals surface area contributed by atoms with Crippen LogP contribution in [0.25, 0.3) is 0 Å². The maximum absolute atomic E-state index is 13.2. The molecule has 0 radical (unpaired) electrons. The van der Waals surface area contributed by atoms with Crippen LogP contribution in [-0.2, 0) is 14.3 Å². The SMILES string of the molecule is CC/C=C/C/C=C/C/C=C/C/C=C/C/C=C/C(CC(=O)NC(CO)C(O)CCCCCCCCCCCCCCCCC)OC(=O)CCCCCCCCCCCCCCCCCC. The van der Waals surface area contributed by atoms with E-state index in [2.05, 4.69) is 74.7 Å². The van der Waals surface area contributed by atoms with Crippen molar-refractivity contribution in [2.75, 3.05) is 6.61 Å². The van der Waals surface area contributed by atoms with E-state index in [0.29, 0.717) is 19.3 Å². The lowest BCUT2D eigenvalue weighted by Crippen LogP contribution is -2.46. The van der Waals surface area contributed by atoms with E-state index in [4.69, 9.17) is 4.74 Å². The monoisotopic (exact) mass is 896 g/mol. The normalized spacial score (nSPS) is 13.6. The lowest BCUT2D eigenvalue weighted by atomic mass is 10.0. The first-order valence-electron chi connectivity index (χ1n) is 27.5. The van der Waals surface area contributed by atoms with Gasteiger partial charge in [-0.15, -0.1) is 0 Å². The third kappa shape index (κ3) is 46.1. The molecule has 3 N–H and O–H groups in total. The summed E-state index contributed by atoms with van der Waals surface area (Å²) in [7, 11) is 0. The number of nitrogens with one attached hydrogen (secondary N) is 1. The molecule has 3 atom stereocenters. The third-order valence-corrected chi connectivity index (χ3v) is 12.4. The summed E-state index contributed by atoms with van der Waals surface area (Å²) >= 11 is 0. The van der Waals surface area contributed by atoms with Gasteiger partial charge >= 0.3 is 5.97 Å². The van der Waals surface area contributed by atoms with E-state index in [1.54, 1.807) is 0 Å². The topological polar surface area (TPSA) is 95.9 Å². The first-order chi connectivity index (χ1) is 31.5. The van der Waals surface area contributed by atoms with Crippen molar-refractivity contribution >= 4 is 11.9 Å². The number of rotatable bonds is 49.